The first-order valence-corrected chi connectivity index (χ1v) is 13.9. The van der Waals surface area contributed by atoms with Crippen LogP contribution in [0.1, 0.15) is 48.0 Å². The van der Waals surface area contributed by atoms with Gasteiger partial charge in [-0.2, -0.15) is 0 Å². The summed E-state index contributed by atoms with van der Waals surface area (Å²) >= 11 is 0. The van der Waals surface area contributed by atoms with Crippen molar-refractivity contribution < 1.29 is 14.3 Å². The molecule has 1 unspecified atom stereocenters. The second-order valence-electron chi connectivity index (χ2n) is 11.8. The zero-order valence-electron chi connectivity index (χ0n) is 24.1. The minimum absolute atomic E-state index is 0.340. The van der Waals surface area contributed by atoms with Crippen LogP contribution in [0.5, 0.6) is 0 Å². The quantitative estimate of drug-likeness (QED) is 0.302. The fourth-order valence-corrected chi connectivity index (χ4v) is 6.19. The van der Waals surface area contributed by atoms with Gasteiger partial charge in [0.05, 0.1) is 16.5 Å². The maximum absolute atomic E-state index is 13.4. The van der Waals surface area contributed by atoms with Gasteiger partial charge in [-0.25, -0.2) is 4.79 Å². The number of rotatable bonds is 7. The van der Waals surface area contributed by atoms with Crippen molar-refractivity contribution in [3.8, 4) is 0 Å². The van der Waals surface area contributed by atoms with Crippen molar-refractivity contribution in [3.63, 3.8) is 0 Å². The molecule has 200 valence electrons. The Balaban J connectivity index is 2.03. The Morgan fingerprint density at radius 3 is 1.57 bits per heavy atom. The highest BCUT2D eigenvalue weighted by Gasteiger charge is 2.46. The third-order valence-electron chi connectivity index (χ3n) is 5.77. The van der Waals surface area contributed by atoms with Gasteiger partial charge in [0.25, 0.3) is 0 Å². The number of carbonyl (C=O) groups excluding carboxylic acids is 1. The highest BCUT2D eigenvalue weighted by molar-refractivity contribution is 8.00. The van der Waals surface area contributed by atoms with Crippen molar-refractivity contribution in [2.24, 2.45) is 0 Å². The van der Waals surface area contributed by atoms with Gasteiger partial charge < -0.3 is 19.3 Å². The third kappa shape index (κ3) is 7.42. The molecule has 1 aliphatic rings. The highest BCUT2D eigenvalue weighted by Crippen LogP contribution is 2.39. The van der Waals surface area contributed by atoms with Crippen LogP contribution in [0.2, 0.25) is 0 Å². The van der Waals surface area contributed by atoms with Crippen molar-refractivity contribution >= 4 is 28.2 Å². The van der Waals surface area contributed by atoms with Crippen LogP contribution < -0.4 is 9.80 Å². The molecule has 1 atom stereocenters. The van der Waals surface area contributed by atoms with Crippen LogP contribution in [0.4, 0.5) is 11.4 Å². The van der Waals surface area contributed by atoms with Crippen LogP contribution in [-0.4, -0.2) is 51.0 Å². The molecule has 1 aliphatic carbocycles. The first-order chi connectivity index (χ1) is 17.1. The van der Waals surface area contributed by atoms with Crippen LogP contribution in [-0.2, 0) is 25.2 Å². The smallest absolute Gasteiger partial charge is 0.343 e. The number of anilines is 2. The Kier molecular flexibility index (Phi) is 8.55. The average molecular weight is 524 g/mol. The molecule has 0 spiro atoms. The molecule has 6 heteroatoms. The van der Waals surface area contributed by atoms with Gasteiger partial charge in [-0.05, 0) is 108 Å². The van der Waals surface area contributed by atoms with E-state index in [0.717, 1.165) is 16.3 Å². The summed E-state index contributed by atoms with van der Waals surface area (Å²) < 4.78 is 12.2. The molecule has 0 fully saturated rings. The second-order valence-corrected chi connectivity index (χ2v) is 13.9. The van der Waals surface area contributed by atoms with E-state index in [2.05, 4.69) is 70.5 Å². The molecule has 37 heavy (non-hydrogen) atoms. The average Bonchev–Trinajstić information content (AvgIpc) is 2.79. The van der Waals surface area contributed by atoms with Gasteiger partial charge in [0.1, 0.15) is 5.60 Å². The predicted octanol–water partition coefficient (Wildman–Crippen LogP) is 6.59. The Morgan fingerprint density at radius 2 is 1.24 bits per heavy atom. The maximum atomic E-state index is 13.4. The molecule has 3 rings (SSSR count). The normalized spacial score (nSPS) is 18.0. The van der Waals surface area contributed by atoms with Crippen molar-refractivity contribution in [1.82, 2.24) is 0 Å². The number of nitrogens with zero attached hydrogens (tertiary/aromatic N) is 2. The molecule has 2 aromatic carbocycles. The van der Waals surface area contributed by atoms with Crippen LogP contribution >= 0.6 is 0 Å². The monoisotopic (exact) mass is 523 g/mol. The lowest BCUT2D eigenvalue weighted by atomic mass is 9.93. The Bertz CT molecular complexity index is 1090. The molecular formula is C31H43N2O3S+. The molecule has 0 heterocycles. The van der Waals surface area contributed by atoms with E-state index in [1.54, 1.807) is 0 Å². The Morgan fingerprint density at radius 1 is 0.784 bits per heavy atom. The largest absolute Gasteiger partial charge is 0.458 e. The number of ether oxygens (including phenoxy) is 2. The van der Waals surface area contributed by atoms with Crippen molar-refractivity contribution in [2.45, 2.75) is 74.6 Å². The van der Waals surface area contributed by atoms with Gasteiger partial charge in [-0.15, -0.1) is 0 Å². The maximum Gasteiger partial charge on any atom is 0.343 e. The molecule has 0 bridgehead atoms. The summed E-state index contributed by atoms with van der Waals surface area (Å²) in [5, 5.41) is 0. The van der Waals surface area contributed by atoms with Crippen molar-refractivity contribution in [3.05, 3.63) is 71.7 Å². The van der Waals surface area contributed by atoms with Gasteiger partial charge in [-0.1, -0.05) is 0 Å². The predicted molar refractivity (Wildman–Crippen MR) is 157 cm³/mol. The van der Waals surface area contributed by atoms with Gasteiger partial charge in [0, 0.05) is 46.0 Å². The van der Waals surface area contributed by atoms with Gasteiger partial charge in [-0.3, -0.25) is 0 Å². The van der Waals surface area contributed by atoms with E-state index in [-0.39, 0.29) is 16.9 Å². The van der Waals surface area contributed by atoms with E-state index < -0.39 is 16.8 Å². The zero-order chi connectivity index (χ0) is 27.6. The summed E-state index contributed by atoms with van der Waals surface area (Å²) in [6.45, 7) is 11.6. The zero-order valence-corrected chi connectivity index (χ0v) is 24.9. The molecule has 0 aromatic heterocycles. The summed E-state index contributed by atoms with van der Waals surface area (Å²) in [4.78, 5) is 21.2. The first-order valence-electron chi connectivity index (χ1n) is 12.7. The van der Waals surface area contributed by atoms with Crippen LogP contribution in [0.3, 0.4) is 0 Å². The van der Waals surface area contributed by atoms with Gasteiger partial charge in [0.2, 0.25) is 0 Å². The fraction of sp³-hybridized carbons (Fsp3) is 0.452. The van der Waals surface area contributed by atoms with E-state index in [0.29, 0.717) is 6.42 Å². The highest BCUT2D eigenvalue weighted by atomic mass is 32.2. The van der Waals surface area contributed by atoms with Crippen LogP contribution in [0.25, 0.3) is 0 Å². The Labute approximate surface area is 226 Å². The molecule has 0 radical (unpaired) electrons. The molecule has 5 nitrogen and oxygen atoms in total. The van der Waals surface area contributed by atoms with Crippen LogP contribution in [0, 0.1) is 0 Å². The first kappa shape index (κ1) is 28.9. The molecule has 0 aliphatic heterocycles. The van der Waals surface area contributed by atoms with Gasteiger partial charge >= 0.3 is 5.97 Å². The summed E-state index contributed by atoms with van der Waals surface area (Å²) in [6, 6.07) is 17.4. The lowest BCUT2D eigenvalue weighted by molar-refractivity contribution is -0.190. The van der Waals surface area contributed by atoms with Crippen molar-refractivity contribution in [2.75, 3.05) is 38.0 Å². The summed E-state index contributed by atoms with van der Waals surface area (Å²) in [5.41, 5.74) is 0.0405. The molecule has 0 saturated carbocycles. The van der Waals surface area contributed by atoms with E-state index >= 15 is 0 Å². The minimum atomic E-state index is -1.16. The SMILES string of the molecule is CN(C)c1ccc([S+](C2=CCC(OC(C)(C)C)(C(=O)OC(C)(C)C)C=C2)c2ccc(N(C)C)cc2)cc1. The Hall–Kier alpha value is -2.70. The molecule has 2 aromatic rings. The fourth-order valence-electron chi connectivity index (χ4n) is 4.10. The molecule has 0 N–H and O–H groups in total. The van der Waals surface area contributed by atoms with E-state index in [1.807, 2.05) is 75.8 Å². The molecule has 0 amide bonds. The summed E-state index contributed by atoms with van der Waals surface area (Å²) in [5.74, 6) is -0.355. The molecular weight excluding hydrogens is 480 g/mol. The standard InChI is InChI=1S/C31H43N2O3S/c1-29(2,3)35-28(34)31(36-30(4,5)6)21-19-27(20-22-31)37(25-15-11-23(12-16-25)32(7)8)26-17-13-24(14-18-26)33(9)10/h11-21H,22H2,1-10H3/q+1. The van der Waals surface area contributed by atoms with E-state index in [1.165, 1.54) is 9.79 Å². The van der Waals surface area contributed by atoms with Crippen LogP contribution in [0.15, 0.2) is 81.5 Å². The number of carbonyl (C=O) groups is 1. The number of benzene rings is 2. The van der Waals surface area contributed by atoms with E-state index in [4.69, 9.17) is 9.47 Å². The third-order valence-corrected chi connectivity index (χ3v) is 8.03. The molecule has 0 saturated heterocycles. The summed E-state index contributed by atoms with van der Waals surface area (Å²) in [6.07, 6.45) is 6.53. The number of hydrogen-bond donors (Lipinski definition) is 0. The lowest BCUT2D eigenvalue weighted by Crippen LogP contribution is -2.49. The summed E-state index contributed by atoms with van der Waals surface area (Å²) in [7, 11) is 7.85. The lowest BCUT2D eigenvalue weighted by Gasteiger charge is -2.37. The van der Waals surface area contributed by atoms with Crippen molar-refractivity contribution in [1.29, 1.82) is 0 Å². The number of esters is 1. The topological polar surface area (TPSA) is 42.0 Å². The second kappa shape index (κ2) is 11.0. The number of allylic oxidation sites excluding steroid dienone is 1. The number of hydrogen-bond acceptors (Lipinski definition) is 5. The van der Waals surface area contributed by atoms with E-state index in [9.17, 15) is 4.79 Å². The van der Waals surface area contributed by atoms with Gasteiger partial charge in [0.15, 0.2) is 20.3 Å². The minimum Gasteiger partial charge on any atom is -0.458 e.